The zero-order chi connectivity index (χ0) is 35.1. The Morgan fingerprint density at radius 1 is 0.500 bits per heavy atom. The summed E-state index contributed by atoms with van der Waals surface area (Å²) in [4.78, 5) is 0. The number of benzene rings is 2. The molecule has 0 saturated carbocycles. The molecule has 0 aromatic heterocycles. The van der Waals surface area contributed by atoms with Crippen molar-refractivity contribution in [2.24, 2.45) is 33.5 Å². The maximum atomic E-state index is 2.78. The van der Waals surface area contributed by atoms with Crippen molar-refractivity contribution in [1.29, 1.82) is 0 Å². The van der Waals surface area contributed by atoms with Crippen LogP contribution in [0.3, 0.4) is 0 Å². The van der Waals surface area contributed by atoms with Gasteiger partial charge in [0, 0.05) is 0 Å². The molecule has 0 N–H and O–H groups in total. The molecule has 50 heavy (non-hydrogen) atoms. The van der Waals surface area contributed by atoms with Crippen molar-refractivity contribution in [3.8, 4) is 0 Å². The van der Waals surface area contributed by atoms with Gasteiger partial charge in [0.2, 0.25) is 0 Å². The molecule has 2 heterocycles. The first-order chi connectivity index (χ1) is 22.2. The molecule has 0 spiro atoms. The number of hydrogen-bond donors (Lipinski definition) is 0. The third-order valence-electron chi connectivity index (χ3n) is 10.3. The van der Waals surface area contributed by atoms with Crippen molar-refractivity contribution in [2.75, 3.05) is 0 Å². The van der Waals surface area contributed by atoms with E-state index in [1.165, 1.54) is 10.6 Å². The number of allylic oxidation sites excluding steroid dienone is 12. The Balaban J connectivity index is 0.00000281. The molecule has 0 nitrogen and oxygen atoms in total. The van der Waals surface area contributed by atoms with Crippen LogP contribution in [0.1, 0.15) is 96.9 Å². The number of rotatable bonds is 4. The summed E-state index contributed by atoms with van der Waals surface area (Å²) in [5.74, 6) is 0.870. The summed E-state index contributed by atoms with van der Waals surface area (Å²) >= 11 is -2.64. The van der Waals surface area contributed by atoms with E-state index in [2.05, 4.69) is 182 Å². The van der Waals surface area contributed by atoms with Crippen LogP contribution in [0.2, 0.25) is 0 Å². The van der Waals surface area contributed by atoms with Gasteiger partial charge in [0.05, 0.1) is 0 Å². The van der Waals surface area contributed by atoms with E-state index in [1.54, 1.807) is 35.6 Å². The van der Waals surface area contributed by atoms with Crippen LogP contribution in [0.4, 0.5) is 0 Å². The minimum Gasteiger partial charge on any atom is -1.00 e. The zero-order valence-electron chi connectivity index (χ0n) is 32.9. The summed E-state index contributed by atoms with van der Waals surface area (Å²) in [5.41, 5.74) is 3.77. The van der Waals surface area contributed by atoms with E-state index in [0.29, 0.717) is 11.8 Å². The van der Waals surface area contributed by atoms with Crippen molar-refractivity contribution in [3.05, 3.63) is 124 Å². The summed E-state index contributed by atoms with van der Waals surface area (Å²) < 4.78 is 5.43. The number of hydrogen-bond acceptors (Lipinski definition) is 0. The first-order valence-corrected chi connectivity index (χ1v) is 24.3. The molecule has 5 heteroatoms. The molecule has 0 radical (unpaired) electrons. The Bertz CT molecular complexity index is 1720. The van der Waals surface area contributed by atoms with Crippen molar-refractivity contribution in [1.82, 2.24) is 0 Å². The topological polar surface area (TPSA) is 0 Å². The predicted octanol–water partition coefficient (Wildman–Crippen LogP) is 6.95. The summed E-state index contributed by atoms with van der Waals surface area (Å²) in [7, 11) is -1.06. The fraction of sp³-hybridized carbons (Fsp3) is 0.444. The van der Waals surface area contributed by atoms with Gasteiger partial charge in [-0.25, -0.2) is 0 Å². The molecule has 4 atom stereocenters. The van der Waals surface area contributed by atoms with Gasteiger partial charge in [0.1, 0.15) is 0 Å². The molecule has 4 unspecified atom stereocenters. The second-order valence-electron chi connectivity index (χ2n) is 18.6. The maximum Gasteiger partial charge on any atom is -1.00 e. The molecule has 2 aliphatic carbocycles. The largest absolute Gasteiger partial charge is 1.00 e. The van der Waals surface area contributed by atoms with Gasteiger partial charge in [-0.15, -0.1) is 0 Å². The summed E-state index contributed by atoms with van der Waals surface area (Å²) in [6.07, 6.45) is 11.0. The van der Waals surface area contributed by atoms with E-state index in [-0.39, 0.29) is 46.5 Å². The molecule has 4 aliphatic rings. The molecule has 266 valence electrons. The second-order valence-corrected chi connectivity index (χ2v) is 29.9. The van der Waals surface area contributed by atoms with Crippen molar-refractivity contribution in [3.63, 3.8) is 0 Å². The molecule has 2 aromatic rings. The summed E-state index contributed by atoms with van der Waals surface area (Å²) in [6.45, 7) is 34.6. The SMILES string of the molecule is C[C](C)=[Zr+2]([C]1=C(C(C)(C)C)C=C2C1C=C(C(C)(C)C)P2c1ccccc1)[C]1=C(C(C)(C)C)C=C2C1C=C(C(C)(C)C)P2c1ccccc1.[Cl-].[Cl-]. The van der Waals surface area contributed by atoms with Crippen LogP contribution in [-0.4, -0.2) is 3.21 Å². The standard InChI is InChI=1S/2C21H26P.C3H6.2ClH.Zr/c2*1-20(2,3)16-12-15-13-19(21(4,5)6)22(18(15)14-16)17-10-8-7-9-11-17;1-3-2;;;/h2*7-11,13-15H,1-6H3;1-2H3;2*1H;/q;;;;;+2/p-2. The van der Waals surface area contributed by atoms with Gasteiger partial charge in [-0.3, -0.25) is 0 Å². The average Bonchev–Trinajstić information content (AvgIpc) is 3.71. The van der Waals surface area contributed by atoms with Gasteiger partial charge in [-0.2, -0.15) is 0 Å². The third-order valence-corrected chi connectivity index (χ3v) is 24.3. The molecule has 0 bridgehead atoms. The number of halogens is 2. The average molecular weight is 823 g/mol. The molecule has 0 amide bonds. The van der Waals surface area contributed by atoms with Gasteiger partial charge in [-0.1, -0.05) is 0 Å². The van der Waals surface area contributed by atoms with Crippen LogP contribution >= 0.6 is 15.8 Å². The predicted molar refractivity (Wildman–Crippen MR) is 214 cm³/mol. The van der Waals surface area contributed by atoms with E-state index in [4.69, 9.17) is 0 Å². The molecular weight excluding hydrogens is 765 g/mol. The van der Waals surface area contributed by atoms with Crippen molar-refractivity contribution >= 4 is 29.7 Å². The fourth-order valence-electron chi connectivity index (χ4n) is 8.16. The van der Waals surface area contributed by atoms with Crippen LogP contribution in [0.25, 0.3) is 0 Å². The van der Waals surface area contributed by atoms with E-state index in [9.17, 15) is 0 Å². The summed E-state index contributed by atoms with van der Waals surface area (Å²) in [6, 6.07) is 23.0. The van der Waals surface area contributed by atoms with Crippen LogP contribution in [0, 0.1) is 33.5 Å². The van der Waals surface area contributed by atoms with Gasteiger partial charge in [0.15, 0.2) is 0 Å². The molecule has 6 rings (SSSR count). The Labute approximate surface area is 327 Å². The van der Waals surface area contributed by atoms with Crippen molar-refractivity contribution < 1.29 is 46.1 Å². The van der Waals surface area contributed by atoms with E-state index < -0.39 is 37.1 Å². The maximum absolute atomic E-state index is 2.78. The van der Waals surface area contributed by atoms with Crippen LogP contribution in [0.5, 0.6) is 0 Å². The van der Waals surface area contributed by atoms with Gasteiger partial charge >= 0.3 is 305 Å². The minimum absolute atomic E-state index is 0. The molecule has 0 fully saturated rings. The van der Waals surface area contributed by atoms with E-state index in [0.717, 1.165) is 0 Å². The molecule has 2 aliphatic heterocycles. The minimum atomic E-state index is -2.64. The smallest absolute Gasteiger partial charge is 1.00 e. The van der Waals surface area contributed by atoms with Gasteiger partial charge < -0.3 is 24.8 Å². The first kappa shape index (κ1) is 41.8. The Morgan fingerprint density at radius 3 is 1.08 bits per heavy atom. The third kappa shape index (κ3) is 7.55. The van der Waals surface area contributed by atoms with Gasteiger partial charge in [-0.05, 0) is 0 Å². The molecule has 2 aromatic carbocycles. The summed E-state index contributed by atoms with van der Waals surface area (Å²) in [5, 5.41) is 9.77. The monoisotopic (exact) mass is 820 g/mol. The second kappa shape index (κ2) is 14.7. The van der Waals surface area contributed by atoms with Crippen LogP contribution in [-0.2, 0) is 21.3 Å². The zero-order valence-corrected chi connectivity index (χ0v) is 38.6. The van der Waals surface area contributed by atoms with Gasteiger partial charge in [0.25, 0.3) is 0 Å². The Hall–Kier alpha value is -0.927. The Kier molecular flexibility index (Phi) is 12.3. The Morgan fingerprint density at radius 2 is 0.820 bits per heavy atom. The first-order valence-electron chi connectivity index (χ1n) is 18.0. The van der Waals surface area contributed by atoms with E-state index >= 15 is 0 Å². The molecule has 0 saturated heterocycles. The van der Waals surface area contributed by atoms with Crippen molar-refractivity contribution in [2.45, 2.75) is 96.9 Å². The fourth-order valence-corrected chi connectivity index (χ4v) is 24.4. The van der Waals surface area contributed by atoms with Crippen LogP contribution in [0.15, 0.2) is 124 Å². The van der Waals surface area contributed by atoms with E-state index in [1.807, 2.05) is 6.56 Å². The number of fused-ring (bicyclic) bond motifs is 2. The molecular formula is C45H58Cl2P2Zr. The normalized spacial score (nSPS) is 23.2. The van der Waals surface area contributed by atoms with Crippen LogP contribution < -0.4 is 35.4 Å². The quantitative estimate of drug-likeness (QED) is 0.293.